The lowest BCUT2D eigenvalue weighted by atomic mass is 9.93. The van der Waals surface area contributed by atoms with E-state index in [-0.39, 0.29) is 5.41 Å². The SMILES string of the molecule is C=CCSCCNCc1nc(C(C)(C)C)cs1. The molecule has 0 unspecified atom stereocenters. The van der Waals surface area contributed by atoms with Crippen molar-refractivity contribution < 1.29 is 0 Å². The van der Waals surface area contributed by atoms with Crippen LogP contribution in [0.25, 0.3) is 0 Å². The minimum Gasteiger partial charge on any atom is -0.310 e. The maximum atomic E-state index is 4.65. The van der Waals surface area contributed by atoms with Gasteiger partial charge in [0.2, 0.25) is 0 Å². The predicted octanol–water partition coefficient (Wildman–Crippen LogP) is 3.45. The fourth-order valence-corrected chi connectivity index (χ4v) is 2.86. The Morgan fingerprint density at radius 1 is 1.53 bits per heavy atom. The summed E-state index contributed by atoms with van der Waals surface area (Å²) >= 11 is 3.65. The molecule has 0 saturated carbocycles. The molecule has 0 spiro atoms. The summed E-state index contributed by atoms with van der Waals surface area (Å²) in [6, 6.07) is 0. The highest BCUT2D eigenvalue weighted by Crippen LogP contribution is 2.23. The van der Waals surface area contributed by atoms with E-state index >= 15 is 0 Å². The van der Waals surface area contributed by atoms with Gasteiger partial charge >= 0.3 is 0 Å². The van der Waals surface area contributed by atoms with Crippen LogP contribution in [-0.4, -0.2) is 23.0 Å². The van der Waals surface area contributed by atoms with Gasteiger partial charge in [0.1, 0.15) is 5.01 Å². The van der Waals surface area contributed by atoms with Crippen LogP contribution in [0.4, 0.5) is 0 Å². The maximum Gasteiger partial charge on any atom is 0.107 e. The van der Waals surface area contributed by atoms with Crippen molar-refractivity contribution in [1.29, 1.82) is 0 Å². The number of aromatic nitrogens is 1. The first kappa shape index (κ1) is 14.7. The molecule has 1 aromatic rings. The summed E-state index contributed by atoms with van der Waals surface area (Å²) in [6.07, 6.45) is 1.95. The second kappa shape index (κ2) is 7.19. The standard InChI is InChI=1S/C13H22N2S2/c1-5-7-16-8-6-14-9-12-15-11(10-17-12)13(2,3)4/h5,10,14H,1,6-9H2,2-4H3. The van der Waals surface area contributed by atoms with Gasteiger partial charge in [0.05, 0.1) is 5.69 Å². The summed E-state index contributed by atoms with van der Waals surface area (Å²) in [4.78, 5) is 4.65. The van der Waals surface area contributed by atoms with E-state index in [0.717, 1.165) is 24.6 Å². The molecule has 4 heteroatoms. The Bertz CT molecular complexity index is 339. The Morgan fingerprint density at radius 3 is 2.88 bits per heavy atom. The van der Waals surface area contributed by atoms with Crippen LogP contribution in [0.3, 0.4) is 0 Å². The van der Waals surface area contributed by atoms with Gasteiger partial charge in [0.25, 0.3) is 0 Å². The fraction of sp³-hybridized carbons (Fsp3) is 0.615. The summed E-state index contributed by atoms with van der Waals surface area (Å²) in [7, 11) is 0. The van der Waals surface area contributed by atoms with Crippen molar-refractivity contribution in [3.63, 3.8) is 0 Å². The largest absolute Gasteiger partial charge is 0.310 e. The van der Waals surface area contributed by atoms with Gasteiger partial charge < -0.3 is 5.32 Å². The van der Waals surface area contributed by atoms with Gasteiger partial charge in [-0.25, -0.2) is 4.98 Å². The predicted molar refractivity (Wildman–Crippen MR) is 80.0 cm³/mol. The van der Waals surface area contributed by atoms with Gasteiger partial charge in [-0.05, 0) is 0 Å². The first-order valence-electron chi connectivity index (χ1n) is 5.88. The number of thiazole rings is 1. The second-order valence-electron chi connectivity index (χ2n) is 4.92. The molecular formula is C13H22N2S2. The van der Waals surface area contributed by atoms with Crippen molar-refractivity contribution >= 4 is 23.1 Å². The summed E-state index contributed by atoms with van der Waals surface area (Å²) in [5, 5.41) is 6.77. The highest BCUT2D eigenvalue weighted by atomic mass is 32.2. The molecule has 96 valence electrons. The van der Waals surface area contributed by atoms with E-state index in [4.69, 9.17) is 0 Å². The lowest BCUT2D eigenvalue weighted by Crippen LogP contribution is -2.17. The monoisotopic (exact) mass is 270 g/mol. The molecule has 0 atom stereocenters. The lowest BCUT2D eigenvalue weighted by molar-refractivity contribution is 0.569. The number of hydrogen-bond acceptors (Lipinski definition) is 4. The molecule has 0 amide bonds. The first-order chi connectivity index (χ1) is 8.04. The van der Waals surface area contributed by atoms with Crippen LogP contribution < -0.4 is 5.32 Å². The molecule has 17 heavy (non-hydrogen) atoms. The average molecular weight is 270 g/mol. The number of rotatable bonds is 7. The van der Waals surface area contributed by atoms with E-state index < -0.39 is 0 Å². The van der Waals surface area contributed by atoms with E-state index in [9.17, 15) is 0 Å². The van der Waals surface area contributed by atoms with Gasteiger partial charge in [-0.1, -0.05) is 26.8 Å². The summed E-state index contributed by atoms with van der Waals surface area (Å²) in [5.41, 5.74) is 1.36. The topological polar surface area (TPSA) is 24.9 Å². The minimum absolute atomic E-state index is 0.161. The van der Waals surface area contributed by atoms with Crippen LogP contribution >= 0.6 is 23.1 Å². The Hall–Kier alpha value is -0.320. The summed E-state index contributed by atoms with van der Waals surface area (Å²) < 4.78 is 0. The molecule has 0 aliphatic heterocycles. The average Bonchev–Trinajstić information content (AvgIpc) is 2.71. The van der Waals surface area contributed by atoms with E-state index in [0.29, 0.717) is 0 Å². The zero-order valence-electron chi connectivity index (χ0n) is 11.0. The number of hydrogen-bond donors (Lipinski definition) is 1. The van der Waals surface area contributed by atoms with E-state index in [1.165, 1.54) is 10.7 Å². The van der Waals surface area contributed by atoms with Crippen molar-refractivity contribution in [2.24, 2.45) is 0 Å². The normalized spacial score (nSPS) is 11.7. The van der Waals surface area contributed by atoms with Gasteiger partial charge in [-0.2, -0.15) is 11.8 Å². The van der Waals surface area contributed by atoms with Crippen LogP contribution in [0, 0.1) is 0 Å². The molecule has 0 saturated heterocycles. The Morgan fingerprint density at radius 2 is 2.29 bits per heavy atom. The van der Waals surface area contributed by atoms with Crippen LogP contribution in [0.1, 0.15) is 31.5 Å². The van der Waals surface area contributed by atoms with Crippen LogP contribution in [0.2, 0.25) is 0 Å². The Balaban J connectivity index is 2.24. The molecule has 1 rings (SSSR count). The second-order valence-corrected chi connectivity index (χ2v) is 7.01. The summed E-state index contributed by atoms with van der Waals surface area (Å²) in [6.45, 7) is 12.2. The first-order valence-corrected chi connectivity index (χ1v) is 7.91. The zero-order chi connectivity index (χ0) is 12.7. The van der Waals surface area contributed by atoms with Crippen LogP contribution in [0.15, 0.2) is 18.0 Å². The molecule has 0 bridgehead atoms. The molecule has 0 fully saturated rings. The Labute approximate surface area is 113 Å². The van der Waals surface area contributed by atoms with Gasteiger partial charge in [-0.15, -0.1) is 17.9 Å². The van der Waals surface area contributed by atoms with Crippen molar-refractivity contribution in [2.75, 3.05) is 18.1 Å². The van der Waals surface area contributed by atoms with Crippen molar-refractivity contribution in [2.45, 2.75) is 32.7 Å². The fourth-order valence-electron chi connectivity index (χ4n) is 1.24. The molecule has 0 aliphatic carbocycles. The van der Waals surface area contributed by atoms with Gasteiger partial charge in [0.15, 0.2) is 0 Å². The molecule has 2 nitrogen and oxygen atoms in total. The number of thioether (sulfide) groups is 1. The molecular weight excluding hydrogens is 248 g/mol. The highest BCUT2D eigenvalue weighted by molar-refractivity contribution is 7.99. The molecule has 0 aromatic carbocycles. The summed E-state index contributed by atoms with van der Waals surface area (Å²) in [5.74, 6) is 2.16. The lowest BCUT2D eigenvalue weighted by Gasteiger charge is -2.14. The minimum atomic E-state index is 0.161. The number of nitrogens with one attached hydrogen (secondary N) is 1. The zero-order valence-corrected chi connectivity index (χ0v) is 12.6. The molecule has 0 radical (unpaired) electrons. The highest BCUT2D eigenvalue weighted by Gasteiger charge is 2.16. The molecule has 1 heterocycles. The maximum absolute atomic E-state index is 4.65. The van der Waals surface area contributed by atoms with Crippen molar-refractivity contribution in [1.82, 2.24) is 10.3 Å². The third-order valence-corrected chi connectivity index (χ3v) is 4.07. The third kappa shape index (κ3) is 5.70. The molecule has 1 aromatic heterocycles. The third-order valence-electron chi connectivity index (χ3n) is 2.26. The quantitative estimate of drug-likeness (QED) is 0.607. The van der Waals surface area contributed by atoms with Crippen LogP contribution in [0.5, 0.6) is 0 Å². The van der Waals surface area contributed by atoms with E-state index in [2.05, 4.69) is 43.0 Å². The molecule has 0 aliphatic rings. The van der Waals surface area contributed by atoms with Crippen molar-refractivity contribution in [3.05, 3.63) is 28.7 Å². The van der Waals surface area contributed by atoms with Gasteiger partial charge in [-0.3, -0.25) is 0 Å². The van der Waals surface area contributed by atoms with Crippen LogP contribution in [-0.2, 0) is 12.0 Å². The molecule has 1 N–H and O–H groups in total. The van der Waals surface area contributed by atoms with E-state index in [1.807, 2.05) is 17.8 Å². The van der Waals surface area contributed by atoms with Gasteiger partial charge in [0, 0.05) is 35.4 Å². The Kier molecular flexibility index (Phi) is 6.23. The smallest absolute Gasteiger partial charge is 0.107 e. The van der Waals surface area contributed by atoms with E-state index in [1.54, 1.807) is 11.3 Å². The van der Waals surface area contributed by atoms with Crippen molar-refractivity contribution in [3.8, 4) is 0 Å². The number of nitrogens with zero attached hydrogens (tertiary/aromatic N) is 1.